The second-order valence-electron chi connectivity index (χ2n) is 4.50. The summed E-state index contributed by atoms with van der Waals surface area (Å²) >= 11 is 3.32. The molecule has 1 atom stereocenters. The Morgan fingerprint density at radius 2 is 2.05 bits per heavy atom. The molecule has 0 spiro atoms. The first-order valence-electron chi connectivity index (χ1n) is 6.42. The van der Waals surface area contributed by atoms with Gasteiger partial charge >= 0.3 is 0 Å². The van der Waals surface area contributed by atoms with Gasteiger partial charge in [-0.1, -0.05) is 34.1 Å². The Balaban J connectivity index is 2.02. The summed E-state index contributed by atoms with van der Waals surface area (Å²) in [7, 11) is 1.53. The van der Waals surface area contributed by atoms with Crippen LogP contribution in [0.3, 0.4) is 0 Å². The fraction of sp³-hybridized carbons (Fsp3) is 0.188. The third-order valence-electron chi connectivity index (χ3n) is 3.04. The third-order valence-corrected chi connectivity index (χ3v) is 3.53. The summed E-state index contributed by atoms with van der Waals surface area (Å²) in [4.78, 5) is 12.1. The van der Waals surface area contributed by atoms with Gasteiger partial charge in [0, 0.05) is 23.7 Å². The van der Waals surface area contributed by atoms with Crippen molar-refractivity contribution in [3.63, 3.8) is 0 Å². The summed E-state index contributed by atoms with van der Waals surface area (Å²) in [6.07, 6.45) is -0.392. The number of nitrogens with one attached hydrogen (secondary N) is 1. The van der Waals surface area contributed by atoms with Gasteiger partial charge in [0.25, 0.3) is 5.91 Å². The van der Waals surface area contributed by atoms with E-state index in [4.69, 9.17) is 4.74 Å². The van der Waals surface area contributed by atoms with Crippen LogP contribution < -0.4 is 5.32 Å². The monoisotopic (exact) mass is 351 g/mol. The van der Waals surface area contributed by atoms with Crippen molar-refractivity contribution < 1.29 is 13.9 Å². The molecule has 0 aromatic heterocycles. The number of ether oxygens (including phenoxy) is 1. The molecule has 0 aliphatic carbocycles. The molecule has 1 amide bonds. The largest absolute Gasteiger partial charge is 0.375 e. The van der Waals surface area contributed by atoms with Crippen LogP contribution in [0, 0.1) is 5.82 Å². The Hall–Kier alpha value is -1.72. The number of benzene rings is 2. The second kappa shape index (κ2) is 7.33. The van der Waals surface area contributed by atoms with Gasteiger partial charge in [0.2, 0.25) is 0 Å². The highest BCUT2D eigenvalue weighted by Crippen LogP contribution is 2.17. The molecule has 0 fully saturated rings. The number of rotatable bonds is 5. The molecular formula is C16H15BrFNO2. The van der Waals surface area contributed by atoms with Gasteiger partial charge in [-0.15, -0.1) is 0 Å². The van der Waals surface area contributed by atoms with E-state index < -0.39 is 6.10 Å². The first-order valence-corrected chi connectivity index (χ1v) is 7.21. The van der Waals surface area contributed by atoms with Crippen molar-refractivity contribution in [2.75, 3.05) is 13.7 Å². The molecule has 1 N–H and O–H groups in total. The molecule has 2 aromatic carbocycles. The van der Waals surface area contributed by atoms with Crippen LogP contribution in [-0.2, 0) is 4.74 Å². The number of hydrogen-bond acceptors (Lipinski definition) is 2. The maximum atomic E-state index is 13.2. The SMILES string of the molecule is CO[C@H](CNC(=O)c1cccc(Br)c1)c1cccc(F)c1. The van der Waals surface area contributed by atoms with E-state index in [1.807, 2.05) is 6.07 Å². The van der Waals surface area contributed by atoms with E-state index in [-0.39, 0.29) is 18.3 Å². The summed E-state index contributed by atoms with van der Waals surface area (Å²) in [6, 6.07) is 13.3. The highest BCUT2D eigenvalue weighted by molar-refractivity contribution is 9.10. The summed E-state index contributed by atoms with van der Waals surface area (Å²) in [5, 5.41) is 2.79. The zero-order chi connectivity index (χ0) is 15.2. The van der Waals surface area contributed by atoms with E-state index in [1.54, 1.807) is 30.3 Å². The number of carbonyl (C=O) groups excluding carboxylic acids is 1. The fourth-order valence-electron chi connectivity index (χ4n) is 1.96. The normalized spacial score (nSPS) is 12.0. The molecule has 0 aliphatic rings. The van der Waals surface area contributed by atoms with Gasteiger partial charge < -0.3 is 10.1 Å². The van der Waals surface area contributed by atoms with Crippen LogP contribution in [-0.4, -0.2) is 19.6 Å². The predicted octanol–water partition coefficient (Wildman–Crippen LogP) is 3.71. The lowest BCUT2D eigenvalue weighted by molar-refractivity contribution is 0.0827. The summed E-state index contributed by atoms with van der Waals surface area (Å²) < 4.78 is 19.4. The zero-order valence-corrected chi connectivity index (χ0v) is 13.1. The molecular weight excluding hydrogens is 337 g/mol. The molecule has 0 heterocycles. The molecule has 21 heavy (non-hydrogen) atoms. The first-order chi connectivity index (χ1) is 10.1. The first kappa shape index (κ1) is 15.7. The van der Waals surface area contributed by atoms with Crippen LogP contribution in [0.5, 0.6) is 0 Å². The van der Waals surface area contributed by atoms with E-state index >= 15 is 0 Å². The lowest BCUT2D eigenvalue weighted by Crippen LogP contribution is -2.29. The van der Waals surface area contributed by atoms with Gasteiger partial charge in [-0.25, -0.2) is 4.39 Å². The van der Waals surface area contributed by atoms with Gasteiger partial charge in [0.05, 0.1) is 6.10 Å². The number of halogens is 2. The van der Waals surface area contributed by atoms with Crippen molar-refractivity contribution in [1.82, 2.24) is 5.32 Å². The second-order valence-corrected chi connectivity index (χ2v) is 5.42. The van der Waals surface area contributed by atoms with Crippen molar-refractivity contribution in [2.24, 2.45) is 0 Å². The molecule has 3 nitrogen and oxygen atoms in total. The molecule has 0 unspecified atom stereocenters. The van der Waals surface area contributed by atoms with Gasteiger partial charge in [-0.3, -0.25) is 4.79 Å². The average molecular weight is 352 g/mol. The zero-order valence-electron chi connectivity index (χ0n) is 11.5. The summed E-state index contributed by atoms with van der Waals surface area (Å²) in [5.74, 6) is -0.525. The number of carbonyl (C=O) groups is 1. The van der Waals surface area contributed by atoms with E-state index in [0.29, 0.717) is 11.1 Å². The summed E-state index contributed by atoms with van der Waals surface area (Å²) in [6.45, 7) is 0.269. The van der Waals surface area contributed by atoms with Crippen molar-refractivity contribution in [2.45, 2.75) is 6.10 Å². The third kappa shape index (κ3) is 4.37. The minimum absolute atomic E-state index is 0.199. The highest BCUT2D eigenvalue weighted by Gasteiger charge is 2.13. The molecule has 0 radical (unpaired) electrons. The Morgan fingerprint density at radius 1 is 1.29 bits per heavy atom. The molecule has 110 valence electrons. The smallest absolute Gasteiger partial charge is 0.251 e. The Kier molecular flexibility index (Phi) is 5.47. The van der Waals surface area contributed by atoms with E-state index in [1.165, 1.54) is 19.2 Å². The molecule has 0 saturated carbocycles. The van der Waals surface area contributed by atoms with E-state index in [2.05, 4.69) is 21.2 Å². The van der Waals surface area contributed by atoms with Crippen LogP contribution in [0.15, 0.2) is 53.0 Å². The Morgan fingerprint density at radius 3 is 2.71 bits per heavy atom. The van der Waals surface area contributed by atoms with Crippen LogP contribution >= 0.6 is 15.9 Å². The minimum Gasteiger partial charge on any atom is -0.375 e. The maximum absolute atomic E-state index is 13.2. The highest BCUT2D eigenvalue weighted by atomic mass is 79.9. The molecule has 0 aliphatic heterocycles. The molecule has 0 saturated heterocycles. The predicted molar refractivity (Wildman–Crippen MR) is 82.6 cm³/mol. The van der Waals surface area contributed by atoms with Gasteiger partial charge in [0.15, 0.2) is 0 Å². The van der Waals surface area contributed by atoms with Gasteiger partial charge in [-0.05, 0) is 35.9 Å². The van der Waals surface area contributed by atoms with E-state index in [0.717, 1.165) is 4.47 Å². The molecule has 5 heteroatoms. The number of methoxy groups -OCH3 is 1. The van der Waals surface area contributed by atoms with Crippen molar-refractivity contribution in [3.05, 3.63) is 69.9 Å². The number of amides is 1. The average Bonchev–Trinajstić information content (AvgIpc) is 2.48. The maximum Gasteiger partial charge on any atom is 0.251 e. The topological polar surface area (TPSA) is 38.3 Å². The molecule has 2 rings (SSSR count). The van der Waals surface area contributed by atoms with Crippen molar-refractivity contribution in [1.29, 1.82) is 0 Å². The van der Waals surface area contributed by atoms with Crippen molar-refractivity contribution in [3.8, 4) is 0 Å². The van der Waals surface area contributed by atoms with E-state index in [9.17, 15) is 9.18 Å². The van der Waals surface area contributed by atoms with Crippen molar-refractivity contribution >= 4 is 21.8 Å². The Labute approximate surface area is 131 Å². The quantitative estimate of drug-likeness (QED) is 0.891. The van der Waals surface area contributed by atoms with Crippen LogP contribution in [0.2, 0.25) is 0 Å². The van der Waals surface area contributed by atoms with Gasteiger partial charge in [-0.2, -0.15) is 0 Å². The van der Waals surface area contributed by atoms with Crippen LogP contribution in [0.4, 0.5) is 4.39 Å². The van der Waals surface area contributed by atoms with Gasteiger partial charge in [0.1, 0.15) is 5.82 Å². The fourth-order valence-corrected chi connectivity index (χ4v) is 2.36. The molecule has 0 bridgehead atoms. The van der Waals surface area contributed by atoms with Crippen LogP contribution in [0.25, 0.3) is 0 Å². The minimum atomic E-state index is -0.392. The number of hydrogen-bond donors (Lipinski definition) is 1. The lowest BCUT2D eigenvalue weighted by atomic mass is 10.1. The lowest BCUT2D eigenvalue weighted by Gasteiger charge is -2.16. The summed E-state index contributed by atoms with van der Waals surface area (Å²) in [5.41, 5.74) is 1.24. The Bertz CT molecular complexity index is 633. The standard InChI is InChI=1S/C16H15BrFNO2/c1-21-15(11-4-3-7-14(18)9-11)10-19-16(20)12-5-2-6-13(17)8-12/h2-9,15H,10H2,1H3,(H,19,20)/t15-/m1/s1. The van der Waals surface area contributed by atoms with Crippen LogP contribution in [0.1, 0.15) is 22.0 Å². The molecule has 2 aromatic rings.